The van der Waals surface area contributed by atoms with Crippen LogP contribution in [0.2, 0.25) is 0 Å². The van der Waals surface area contributed by atoms with E-state index in [0.29, 0.717) is 6.54 Å². The van der Waals surface area contributed by atoms with E-state index in [2.05, 4.69) is 4.98 Å². The molecule has 1 aliphatic heterocycles. The molecule has 1 aliphatic rings. The molecule has 2 aromatic rings. The lowest BCUT2D eigenvalue weighted by Crippen LogP contribution is -2.27. The van der Waals surface area contributed by atoms with Crippen LogP contribution in [0.3, 0.4) is 0 Å². The monoisotopic (exact) mass is 275 g/mol. The SMILES string of the molecule is NC(=O)OC1CCN(c2ccc3cc(F)ccc3n2)C1. The molecule has 1 unspecified atom stereocenters. The van der Waals surface area contributed by atoms with Gasteiger partial charge in [0.2, 0.25) is 0 Å². The Hall–Kier alpha value is -2.37. The van der Waals surface area contributed by atoms with Gasteiger partial charge in [-0.05, 0) is 30.3 Å². The number of nitrogens with two attached hydrogens (primary N) is 1. The molecule has 0 spiro atoms. The van der Waals surface area contributed by atoms with Crippen molar-refractivity contribution in [3.05, 3.63) is 36.1 Å². The molecule has 1 aromatic heterocycles. The number of primary amides is 1. The van der Waals surface area contributed by atoms with Crippen molar-refractivity contribution in [3.8, 4) is 0 Å². The van der Waals surface area contributed by atoms with E-state index in [4.69, 9.17) is 10.5 Å². The number of fused-ring (bicyclic) bond motifs is 1. The fourth-order valence-corrected chi connectivity index (χ4v) is 2.46. The number of carbonyl (C=O) groups excluding carboxylic acids is 1. The van der Waals surface area contributed by atoms with Gasteiger partial charge in [-0.25, -0.2) is 14.2 Å². The largest absolute Gasteiger partial charge is 0.444 e. The normalized spacial score (nSPS) is 18.4. The average molecular weight is 275 g/mol. The van der Waals surface area contributed by atoms with E-state index >= 15 is 0 Å². The summed E-state index contributed by atoms with van der Waals surface area (Å²) in [6.07, 6.45) is -0.219. The summed E-state index contributed by atoms with van der Waals surface area (Å²) >= 11 is 0. The van der Waals surface area contributed by atoms with Crippen molar-refractivity contribution in [2.24, 2.45) is 5.73 Å². The second-order valence-corrected chi connectivity index (χ2v) is 4.80. The lowest BCUT2D eigenvalue weighted by molar-refractivity contribution is 0.117. The smallest absolute Gasteiger partial charge is 0.404 e. The van der Waals surface area contributed by atoms with Crippen LogP contribution >= 0.6 is 0 Å². The zero-order valence-electron chi connectivity index (χ0n) is 10.8. The van der Waals surface area contributed by atoms with E-state index in [1.54, 1.807) is 6.07 Å². The predicted octanol–water partition coefficient (Wildman–Crippen LogP) is 2.05. The fourth-order valence-electron chi connectivity index (χ4n) is 2.46. The zero-order chi connectivity index (χ0) is 14.1. The number of halogens is 1. The summed E-state index contributed by atoms with van der Waals surface area (Å²) in [5.74, 6) is 0.517. The summed E-state index contributed by atoms with van der Waals surface area (Å²) in [4.78, 5) is 17.3. The molecule has 20 heavy (non-hydrogen) atoms. The Labute approximate surface area is 115 Å². The fraction of sp³-hybridized carbons (Fsp3) is 0.286. The lowest BCUT2D eigenvalue weighted by Gasteiger charge is -2.17. The molecule has 104 valence electrons. The van der Waals surface area contributed by atoms with Crippen LogP contribution in [0.1, 0.15) is 6.42 Å². The Balaban J connectivity index is 1.81. The number of carbonyl (C=O) groups is 1. The van der Waals surface area contributed by atoms with Crippen molar-refractivity contribution in [1.29, 1.82) is 0 Å². The second-order valence-electron chi connectivity index (χ2n) is 4.80. The molecular formula is C14H14FN3O2. The molecule has 2 heterocycles. The molecule has 2 N–H and O–H groups in total. The Bertz CT molecular complexity index is 662. The first-order valence-corrected chi connectivity index (χ1v) is 6.39. The van der Waals surface area contributed by atoms with Crippen LogP contribution in [-0.2, 0) is 4.74 Å². The van der Waals surface area contributed by atoms with Crippen molar-refractivity contribution in [2.45, 2.75) is 12.5 Å². The highest BCUT2D eigenvalue weighted by Crippen LogP contribution is 2.23. The first-order valence-electron chi connectivity index (χ1n) is 6.39. The molecule has 0 aliphatic carbocycles. The van der Waals surface area contributed by atoms with Crippen molar-refractivity contribution in [2.75, 3.05) is 18.0 Å². The lowest BCUT2D eigenvalue weighted by atomic mass is 10.2. The molecule has 5 nitrogen and oxygen atoms in total. The minimum absolute atomic E-state index is 0.196. The minimum atomic E-state index is -0.751. The highest BCUT2D eigenvalue weighted by molar-refractivity contribution is 5.80. The number of pyridine rings is 1. The van der Waals surface area contributed by atoms with Crippen LogP contribution in [-0.4, -0.2) is 30.3 Å². The molecule has 0 bridgehead atoms. The summed E-state index contributed by atoms with van der Waals surface area (Å²) in [7, 11) is 0. The van der Waals surface area contributed by atoms with Gasteiger partial charge in [-0.2, -0.15) is 0 Å². The molecule has 3 rings (SSSR count). The minimum Gasteiger partial charge on any atom is -0.444 e. The van der Waals surface area contributed by atoms with Gasteiger partial charge in [-0.3, -0.25) is 0 Å². The van der Waals surface area contributed by atoms with Crippen molar-refractivity contribution in [1.82, 2.24) is 4.98 Å². The quantitative estimate of drug-likeness (QED) is 0.910. The number of aromatic nitrogens is 1. The molecular weight excluding hydrogens is 261 g/mol. The number of benzene rings is 1. The van der Waals surface area contributed by atoms with Crippen LogP contribution in [0, 0.1) is 5.82 Å². The van der Waals surface area contributed by atoms with Gasteiger partial charge in [0, 0.05) is 18.4 Å². The summed E-state index contributed by atoms with van der Waals surface area (Å²) in [6, 6.07) is 8.18. The third-order valence-electron chi connectivity index (χ3n) is 3.39. The van der Waals surface area contributed by atoms with E-state index in [0.717, 1.165) is 29.7 Å². The Morgan fingerprint density at radius 2 is 2.25 bits per heavy atom. The van der Waals surface area contributed by atoms with E-state index < -0.39 is 6.09 Å². The summed E-state index contributed by atoms with van der Waals surface area (Å²) < 4.78 is 18.1. The number of rotatable bonds is 2. The predicted molar refractivity (Wildman–Crippen MR) is 73.0 cm³/mol. The van der Waals surface area contributed by atoms with Gasteiger partial charge in [0.1, 0.15) is 17.7 Å². The van der Waals surface area contributed by atoms with Gasteiger partial charge in [0.15, 0.2) is 0 Å². The van der Waals surface area contributed by atoms with Crippen LogP contribution in [0.25, 0.3) is 10.9 Å². The number of ether oxygens (including phenoxy) is 1. The number of nitrogens with zero attached hydrogens (tertiary/aromatic N) is 2. The van der Waals surface area contributed by atoms with E-state index in [1.807, 2.05) is 17.0 Å². The van der Waals surface area contributed by atoms with Crippen LogP contribution in [0.15, 0.2) is 30.3 Å². The molecule has 0 radical (unpaired) electrons. The maximum Gasteiger partial charge on any atom is 0.404 e. The van der Waals surface area contributed by atoms with Crippen LogP contribution in [0.4, 0.5) is 15.0 Å². The number of amides is 1. The first kappa shape index (κ1) is 12.7. The number of anilines is 1. The Morgan fingerprint density at radius 1 is 1.40 bits per heavy atom. The van der Waals surface area contributed by atoms with Crippen LogP contribution < -0.4 is 10.6 Å². The maximum atomic E-state index is 13.1. The Kier molecular flexibility index (Phi) is 3.14. The molecule has 1 aromatic carbocycles. The van der Waals surface area contributed by atoms with E-state index in [1.165, 1.54) is 12.1 Å². The van der Waals surface area contributed by atoms with Gasteiger partial charge in [0.05, 0.1) is 12.1 Å². The molecule has 1 fully saturated rings. The molecule has 1 saturated heterocycles. The standard InChI is InChI=1S/C14H14FN3O2/c15-10-2-3-12-9(7-10)1-4-13(17-12)18-6-5-11(8-18)20-14(16)19/h1-4,7,11H,5-6,8H2,(H2,16,19). The van der Waals surface area contributed by atoms with E-state index in [9.17, 15) is 9.18 Å². The van der Waals surface area contributed by atoms with Crippen molar-refractivity contribution in [3.63, 3.8) is 0 Å². The number of hydrogen-bond acceptors (Lipinski definition) is 4. The number of hydrogen-bond donors (Lipinski definition) is 1. The molecule has 1 atom stereocenters. The van der Waals surface area contributed by atoms with Crippen LogP contribution in [0.5, 0.6) is 0 Å². The summed E-state index contributed by atoms with van der Waals surface area (Å²) in [5.41, 5.74) is 5.75. The van der Waals surface area contributed by atoms with E-state index in [-0.39, 0.29) is 11.9 Å². The third-order valence-corrected chi connectivity index (χ3v) is 3.39. The first-order chi connectivity index (χ1) is 9.61. The van der Waals surface area contributed by atoms with Crippen molar-refractivity contribution < 1.29 is 13.9 Å². The van der Waals surface area contributed by atoms with Crippen molar-refractivity contribution >= 4 is 22.8 Å². The molecule has 0 saturated carbocycles. The highest BCUT2D eigenvalue weighted by Gasteiger charge is 2.25. The van der Waals surface area contributed by atoms with Gasteiger partial charge in [-0.15, -0.1) is 0 Å². The van der Waals surface area contributed by atoms with Gasteiger partial charge in [-0.1, -0.05) is 0 Å². The third kappa shape index (κ3) is 2.49. The van der Waals surface area contributed by atoms with Gasteiger partial charge in [0.25, 0.3) is 0 Å². The maximum absolute atomic E-state index is 13.1. The zero-order valence-corrected chi connectivity index (χ0v) is 10.8. The average Bonchev–Trinajstić information content (AvgIpc) is 2.85. The highest BCUT2D eigenvalue weighted by atomic mass is 19.1. The second kappa shape index (κ2) is 4.96. The van der Waals surface area contributed by atoms with Gasteiger partial charge < -0.3 is 15.4 Å². The molecule has 6 heteroatoms. The Morgan fingerprint density at radius 3 is 3.05 bits per heavy atom. The topological polar surface area (TPSA) is 68.5 Å². The molecule has 1 amide bonds. The van der Waals surface area contributed by atoms with Gasteiger partial charge >= 0.3 is 6.09 Å². The summed E-state index contributed by atoms with van der Waals surface area (Å²) in [6.45, 7) is 1.32. The summed E-state index contributed by atoms with van der Waals surface area (Å²) in [5, 5.41) is 0.762.